The molecule has 0 saturated carbocycles. The Bertz CT molecular complexity index is 365. The van der Waals surface area contributed by atoms with Gasteiger partial charge in [-0.2, -0.15) is 0 Å². The Morgan fingerprint density at radius 3 is 2.92 bits per heavy atom. The van der Waals surface area contributed by atoms with Gasteiger partial charge in [0.2, 0.25) is 0 Å². The standard InChI is InChI=1S/C7H4I2N2O2/c8-4-5(9)7-6(11(12)13)2-1-3-10-7/h1-4H/b5-4+. The number of nitrogens with zero attached hydrogens (tertiary/aromatic N) is 2. The second-order valence-electron chi connectivity index (χ2n) is 2.09. The number of halogens is 2. The van der Waals surface area contributed by atoms with Gasteiger partial charge in [-0.1, -0.05) is 22.6 Å². The van der Waals surface area contributed by atoms with E-state index in [1.165, 1.54) is 6.07 Å². The summed E-state index contributed by atoms with van der Waals surface area (Å²) < 4.78 is 2.53. The van der Waals surface area contributed by atoms with Crippen molar-refractivity contribution in [1.29, 1.82) is 0 Å². The predicted octanol–water partition coefficient (Wildman–Crippen LogP) is 3.16. The van der Waals surface area contributed by atoms with E-state index in [0.717, 1.165) is 3.58 Å². The zero-order valence-corrected chi connectivity index (χ0v) is 10.6. The largest absolute Gasteiger partial charge is 0.295 e. The highest BCUT2D eigenvalue weighted by Crippen LogP contribution is 2.28. The van der Waals surface area contributed by atoms with E-state index in [0.29, 0.717) is 5.69 Å². The summed E-state index contributed by atoms with van der Waals surface area (Å²) in [5.74, 6) is 0. The van der Waals surface area contributed by atoms with Gasteiger partial charge in [0.25, 0.3) is 5.69 Å². The molecule has 13 heavy (non-hydrogen) atoms. The van der Waals surface area contributed by atoms with Crippen molar-refractivity contribution in [2.45, 2.75) is 0 Å². The van der Waals surface area contributed by atoms with Crippen molar-refractivity contribution in [2.75, 3.05) is 0 Å². The molecule has 0 N–H and O–H groups in total. The number of pyridine rings is 1. The van der Waals surface area contributed by atoms with Crippen LogP contribution in [0.5, 0.6) is 0 Å². The summed E-state index contributed by atoms with van der Waals surface area (Å²) in [5, 5.41) is 10.6. The van der Waals surface area contributed by atoms with E-state index in [4.69, 9.17) is 0 Å². The Balaban J connectivity index is 3.28. The van der Waals surface area contributed by atoms with E-state index in [2.05, 4.69) is 4.98 Å². The maximum absolute atomic E-state index is 10.6. The zero-order chi connectivity index (χ0) is 9.84. The molecule has 0 amide bonds. The number of rotatable bonds is 2. The highest BCUT2D eigenvalue weighted by molar-refractivity contribution is 14.1. The molecule has 0 bridgehead atoms. The number of hydrogen-bond acceptors (Lipinski definition) is 3. The SMILES string of the molecule is O=[N+]([O-])c1cccnc1/C(I)=C\I. The molecule has 0 aliphatic rings. The lowest BCUT2D eigenvalue weighted by atomic mass is 10.3. The molecule has 0 spiro atoms. The van der Waals surface area contributed by atoms with Gasteiger partial charge in [-0.25, -0.2) is 4.98 Å². The topological polar surface area (TPSA) is 56.0 Å². The van der Waals surface area contributed by atoms with Gasteiger partial charge in [0.05, 0.1) is 8.50 Å². The van der Waals surface area contributed by atoms with E-state index in [1.54, 1.807) is 16.3 Å². The molecule has 1 aromatic heterocycles. The Morgan fingerprint density at radius 2 is 2.38 bits per heavy atom. The smallest absolute Gasteiger partial charge is 0.258 e. The molecule has 1 rings (SSSR count). The van der Waals surface area contributed by atoms with Gasteiger partial charge in [-0.05, 0) is 32.7 Å². The van der Waals surface area contributed by atoms with Crippen molar-refractivity contribution >= 4 is 54.4 Å². The van der Waals surface area contributed by atoms with Crippen LogP contribution < -0.4 is 0 Å². The van der Waals surface area contributed by atoms with Crippen LogP contribution in [-0.2, 0) is 0 Å². The van der Waals surface area contributed by atoms with Crippen LogP contribution in [0.1, 0.15) is 5.69 Å². The molecule has 1 heterocycles. The molecule has 0 unspecified atom stereocenters. The molecule has 1 aromatic rings. The first kappa shape index (κ1) is 10.8. The maximum atomic E-state index is 10.6. The van der Waals surface area contributed by atoms with Crippen molar-refractivity contribution < 1.29 is 4.92 Å². The van der Waals surface area contributed by atoms with Crippen LogP contribution in [0.2, 0.25) is 0 Å². The first-order chi connectivity index (χ1) is 6.16. The van der Waals surface area contributed by atoms with Gasteiger partial charge in [0.1, 0.15) is 0 Å². The summed E-state index contributed by atoms with van der Waals surface area (Å²) >= 11 is 4.04. The van der Waals surface area contributed by atoms with Crippen molar-refractivity contribution in [2.24, 2.45) is 0 Å². The van der Waals surface area contributed by atoms with Gasteiger partial charge < -0.3 is 0 Å². The molecule has 68 valence electrons. The van der Waals surface area contributed by atoms with Crippen LogP contribution in [0.4, 0.5) is 5.69 Å². The minimum atomic E-state index is -0.429. The van der Waals surface area contributed by atoms with Crippen LogP contribution in [-0.4, -0.2) is 9.91 Å². The first-order valence-electron chi connectivity index (χ1n) is 3.22. The summed E-state index contributed by atoms with van der Waals surface area (Å²) in [6.45, 7) is 0. The lowest BCUT2D eigenvalue weighted by Crippen LogP contribution is -1.94. The lowest BCUT2D eigenvalue weighted by molar-refractivity contribution is -0.385. The third-order valence-corrected chi connectivity index (χ3v) is 3.94. The average molecular weight is 402 g/mol. The summed E-state index contributed by atoms with van der Waals surface area (Å²) in [6, 6.07) is 3.00. The predicted molar refractivity (Wildman–Crippen MR) is 66.9 cm³/mol. The number of hydrogen-bond donors (Lipinski definition) is 0. The highest BCUT2D eigenvalue weighted by atomic mass is 127. The van der Waals surface area contributed by atoms with E-state index in [1.807, 2.05) is 45.2 Å². The van der Waals surface area contributed by atoms with Crippen LogP contribution in [0.15, 0.2) is 22.4 Å². The van der Waals surface area contributed by atoms with Crippen LogP contribution >= 0.6 is 45.2 Å². The molecule has 0 aromatic carbocycles. The fourth-order valence-corrected chi connectivity index (χ4v) is 1.49. The normalized spacial score (nSPS) is 11.4. The fraction of sp³-hybridized carbons (Fsp3) is 0. The van der Waals surface area contributed by atoms with E-state index < -0.39 is 4.92 Å². The number of nitro groups is 1. The minimum Gasteiger partial charge on any atom is -0.258 e. The Kier molecular flexibility index (Phi) is 4.03. The van der Waals surface area contributed by atoms with Crippen molar-refractivity contribution in [3.63, 3.8) is 0 Å². The van der Waals surface area contributed by atoms with Crippen molar-refractivity contribution in [1.82, 2.24) is 4.98 Å². The molecule has 0 saturated heterocycles. The van der Waals surface area contributed by atoms with E-state index >= 15 is 0 Å². The lowest BCUT2D eigenvalue weighted by Gasteiger charge is -1.98. The van der Waals surface area contributed by atoms with Gasteiger partial charge in [-0.15, -0.1) is 0 Å². The molecule has 0 atom stereocenters. The van der Waals surface area contributed by atoms with Crippen LogP contribution in [0.3, 0.4) is 0 Å². The summed E-state index contributed by atoms with van der Waals surface area (Å²) in [5.41, 5.74) is 0.460. The van der Waals surface area contributed by atoms with Gasteiger partial charge in [0.15, 0.2) is 5.69 Å². The second-order valence-corrected chi connectivity index (χ2v) is 3.87. The van der Waals surface area contributed by atoms with Crippen LogP contribution in [0.25, 0.3) is 3.58 Å². The first-order valence-corrected chi connectivity index (χ1v) is 5.55. The fourth-order valence-electron chi connectivity index (χ4n) is 0.780. The molecule has 0 aliphatic heterocycles. The Labute approximate surface area is 102 Å². The van der Waals surface area contributed by atoms with E-state index in [-0.39, 0.29) is 5.69 Å². The maximum Gasteiger partial charge on any atom is 0.295 e. The molecular formula is C7H4I2N2O2. The molecule has 0 fully saturated rings. The zero-order valence-electron chi connectivity index (χ0n) is 6.28. The molecular weight excluding hydrogens is 398 g/mol. The van der Waals surface area contributed by atoms with E-state index in [9.17, 15) is 10.1 Å². The third-order valence-electron chi connectivity index (χ3n) is 1.31. The summed E-state index contributed by atoms with van der Waals surface area (Å²) in [7, 11) is 0. The summed E-state index contributed by atoms with van der Waals surface area (Å²) in [4.78, 5) is 14.1. The van der Waals surface area contributed by atoms with Gasteiger partial charge >= 0.3 is 0 Å². The number of aromatic nitrogens is 1. The monoisotopic (exact) mass is 402 g/mol. The third kappa shape index (κ3) is 2.59. The quantitative estimate of drug-likeness (QED) is 0.434. The van der Waals surface area contributed by atoms with Crippen molar-refractivity contribution in [3.8, 4) is 0 Å². The Morgan fingerprint density at radius 1 is 1.69 bits per heavy atom. The van der Waals surface area contributed by atoms with Gasteiger partial charge in [-0.3, -0.25) is 10.1 Å². The molecule has 0 aliphatic carbocycles. The molecule has 0 radical (unpaired) electrons. The average Bonchev–Trinajstić information content (AvgIpc) is 2.16. The molecule has 4 nitrogen and oxygen atoms in total. The highest BCUT2D eigenvalue weighted by Gasteiger charge is 2.15. The minimum absolute atomic E-state index is 0.0415. The van der Waals surface area contributed by atoms with Crippen molar-refractivity contribution in [3.05, 3.63) is 38.2 Å². The molecule has 6 heteroatoms. The Hall–Kier alpha value is -0.250. The van der Waals surface area contributed by atoms with Crippen LogP contribution in [0, 0.1) is 10.1 Å². The summed E-state index contributed by atoms with van der Waals surface area (Å²) in [6.07, 6.45) is 1.54. The van der Waals surface area contributed by atoms with Gasteiger partial charge in [0, 0.05) is 12.3 Å². The second kappa shape index (κ2) is 4.84.